The molecule has 0 saturated heterocycles. The number of carboxylic acid groups (broad SMARTS) is 1. The highest BCUT2D eigenvalue weighted by atomic mass is 16.5. The molecule has 0 heterocycles. The monoisotopic (exact) mass is 253 g/mol. The Morgan fingerprint density at radius 1 is 1.39 bits per heavy atom. The van der Waals surface area contributed by atoms with Crippen molar-refractivity contribution in [1.82, 2.24) is 5.32 Å². The topological polar surface area (TPSA) is 78.8 Å². The van der Waals surface area contributed by atoms with E-state index in [1.165, 1.54) is 0 Å². The van der Waals surface area contributed by atoms with Crippen LogP contribution in [0.4, 0.5) is 0 Å². The fraction of sp³-hybridized carbons (Fsp3) is 0.462. The molecule has 0 spiro atoms. The molecule has 0 aliphatic heterocycles. The standard InChI is InChI=1S/C13H19NO4/c1-3-18-11-6-4-10(5-7-11)12(13(16)17)14-8-9(2)15/h4-7,9,12,14-15H,3,8H2,1-2H3,(H,16,17). The molecule has 1 aromatic rings. The van der Waals surface area contributed by atoms with Crippen LogP contribution in [0.2, 0.25) is 0 Å². The second kappa shape index (κ2) is 6.98. The molecule has 0 aliphatic rings. The highest BCUT2D eigenvalue weighted by Gasteiger charge is 2.19. The SMILES string of the molecule is CCOc1ccc(C(NCC(C)O)C(=O)O)cc1. The van der Waals surface area contributed by atoms with E-state index in [1.807, 2.05) is 6.92 Å². The molecule has 1 rings (SSSR count). The molecule has 100 valence electrons. The number of aliphatic hydroxyl groups is 1. The molecule has 0 bridgehead atoms. The Labute approximate surface area is 106 Å². The molecular weight excluding hydrogens is 234 g/mol. The zero-order chi connectivity index (χ0) is 13.5. The van der Waals surface area contributed by atoms with E-state index < -0.39 is 18.1 Å². The quantitative estimate of drug-likeness (QED) is 0.680. The molecule has 0 saturated carbocycles. The van der Waals surface area contributed by atoms with Gasteiger partial charge in [0.25, 0.3) is 0 Å². The van der Waals surface area contributed by atoms with Gasteiger partial charge in [0, 0.05) is 6.54 Å². The van der Waals surface area contributed by atoms with Gasteiger partial charge in [-0.25, -0.2) is 0 Å². The molecule has 5 nitrogen and oxygen atoms in total. The van der Waals surface area contributed by atoms with Gasteiger partial charge in [-0.05, 0) is 31.5 Å². The zero-order valence-electron chi connectivity index (χ0n) is 10.6. The van der Waals surface area contributed by atoms with Crippen LogP contribution >= 0.6 is 0 Å². The number of hydrogen-bond donors (Lipinski definition) is 3. The highest BCUT2D eigenvalue weighted by molar-refractivity contribution is 5.75. The molecule has 0 aliphatic carbocycles. The summed E-state index contributed by atoms with van der Waals surface area (Å²) in [7, 11) is 0. The van der Waals surface area contributed by atoms with Gasteiger partial charge in [0.05, 0.1) is 12.7 Å². The average molecular weight is 253 g/mol. The molecule has 18 heavy (non-hydrogen) atoms. The lowest BCUT2D eigenvalue weighted by Gasteiger charge is -2.16. The minimum Gasteiger partial charge on any atom is -0.494 e. The molecule has 2 unspecified atom stereocenters. The molecule has 0 fully saturated rings. The number of nitrogens with one attached hydrogen (secondary N) is 1. The van der Waals surface area contributed by atoms with E-state index in [9.17, 15) is 4.79 Å². The highest BCUT2D eigenvalue weighted by Crippen LogP contribution is 2.18. The lowest BCUT2D eigenvalue weighted by Crippen LogP contribution is -2.33. The van der Waals surface area contributed by atoms with Crippen LogP contribution in [0.5, 0.6) is 5.75 Å². The number of aliphatic carboxylic acids is 1. The van der Waals surface area contributed by atoms with Crippen molar-refractivity contribution < 1.29 is 19.7 Å². The molecule has 1 aromatic carbocycles. The van der Waals surface area contributed by atoms with Crippen molar-refractivity contribution >= 4 is 5.97 Å². The molecular formula is C13H19NO4. The Balaban J connectivity index is 2.76. The first-order valence-corrected chi connectivity index (χ1v) is 5.91. The molecule has 0 radical (unpaired) electrons. The maximum atomic E-state index is 11.1. The van der Waals surface area contributed by atoms with Crippen molar-refractivity contribution in [2.75, 3.05) is 13.2 Å². The smallest absolute Gasteiger partial charge is 0.325 e. The summed E-state index contributed by atoms with van der Waals surface area (Å²) in [5.74, 6) is -0.263. The van der Waals surface area contributed by atoms with Crippen molar-refractivity contribution in [2.24, 2.45) is 0 Å². The van der Waals surface area contributed by atoms with Crippen LogP contribution in [0.1, 0.15) is 25.5 Å². The zero-order valence-corrected chi connectivity index (χ0v) is 10.6. The summed E-state index contributed by atoms with van der Waals surface area (Å²) in [4.78, 5) is 11.1. The van der Waals surface area contributed by atoms with E-state index >= 15 is 0 Å². The van der Waals surface area contributed by atoms with E-state index in [4.69, 9.17) is 14.9 Å². The summed E-state index contributed by atoms with van der Waals surface area (Å²) in [5, 5.41) is 21.1. The van der Waals surface area contributed by atoms with E-state index in [-0.39, 0.29) is 6.54 Å². The first-order valence-electron chi connectivity index (χ1n) is 5.91. The number of hydrogen-bond acceptors (Lipinski definition) is 4. The van der Waals surface area contributed by atoms with Gasteiger partial charge < -0.3 is 14.9 Å². The summed E-state index contributed by atoms with van der Waals surface area (Å²) in [6.07, 6.45) is -0.588. The van der Waals surface area contributed by atoms with E-state index in [0.717, 1.165) is 0 Å². The first-order chi connectivity index (χ1) is 8.54. The Morgan fingerprint density at radius 3 is 2.44 bits per heavy atom. The third kappa shape index (κ3) is 4.35. The van der Waals surface area contributed by atoms with E-state index in [0.29, 0.717) is 17.9 Å². The van der Waals surface area contributed by atoms with Crippen molar-refractivity contribution in [2.45, 2.75) is 26.0 Å². The summed E-state index contributed by atoms with van der Waals surface area (Å²) in [6.45, 7) is 4.29. The van der Waals surface area contributed by atoms with Crippen LogP contribution in [0.15, 0.2) is 24.3 Å². The minimum absolute atomic E-state index is 0.226. The van der Waals surface area contributed by atoms with E-state index in [1.54, 1.807) is 31.2 Å². The molecule has 5 heteroatoms. The van der Waals surface area contributed by atoms with Gasteiger partial charge in [0.1, 0.15) is 11.8 Å². The van der Waals surface area contributed by atoms with Gasteiger partial charge in [0.15, 0.2) is 0 Å². The second-order valence-electron chi connectivity index (χ2n) is 4.03. The molecule has 0 aromatic heterocycles. The number of carboxylic acids is 1. The largest absolute Gasteiger partial charge is 0.494 e. The van der Waals surface area contributed by atoms with Crippen LogP contribution in [0, 0.1) is 0 Å². The number of carbonyl (C=O) groups is 1. The second-order valence-corrected chi connectivity index (χ2v) is 4.03. The first kappa shape index (κ1) is 14.5. The maximum Gasteiger partial charge on any atom is 0.325 e. The fourth-order valence-corrected chi connectivity index (χ4v) is 1.56. The summed E-state index contributed by atoms with van der Waals surface area (Å²) in [5.41, 5.74) is 0.631. The minimum atomic E-state index is -0.972. The Kier molecular flexibility index (Phi) is 5.61. The number of rotatable bonds is 7. The van der Waals surface area contributed by atoms with Gasteiger partial charge >= 0.3 is 5.97 Å². The lowest BCUT2D eigenvalue weighted by atomic mass is 10.1. The number of benzene rings is 1. The predicted octanol–water partition coefficient (Wildman–Crippen LogP) is 1.18. The number of aliphatic hydroxyl groups excluding tert-OH is 1. The van der Waals surface area contributed by atoms with Gasteiger partial charge in [-0.1, -0.05) is 12.1 Å². The van der Waals surface area contributed by atoms with Gasteiger partial charge in [0.2, 0.25) is 0 Å². The normalized spacial score (nSPS) is 13.9. The van der Waals surface area contributed by atoms with Crippen LogP contribution in [0.25, 0.3) is 0 Å². The van der Waals surface area contributed by atoms with Crippen LogP contribution in [0.3, 0.4) is 0 Å². The van der Waals surface area contributed by atoms with Gasteiger partial charge in [-0.2, -0.15) is 0 Å². The van der Waals surface area contributed by atoms with Crippen LogP contribution in [-0.2, 0) is 4.79 Å². The summed E-state index contributed by atoms with van der Waals surface area (Å²) < 4.78 is 5.29. The van der Waals surface area contributed by atoms with Crippen molar-refractivity contribution in [1.29, 1.82) is 0 Å². The van der Waals surface area contributed by atoms with Crippen molar-refractivity contribution in [3.8, 4) is 5.75 Å². The van der Waals surface area contributed by atoms with Crippen molar-refractivity contribution in [3.63, 3.8) is 0 Å². The molecule has 0 amide bonds. The third-order valence-corrected chi connectivity index (χ3v) is 2.39. The summed E-state index contributed by atoms with van der Waals surface area (Å²) >= 11 is 0. The van der Waals surface area contributed by atoms with E-state index in [2.05, 4.69) is 5.32 Å². The lowest BCUT2D eigenvalue weighted by molar-refractivity contribution is -0.139. The molecule has 3 N–H and O–H groups in total. The Bertz CT molecular complexity index is 375. The van der Waals surface area contributed by atoms with Gasteiger partial charge in [-0.3, -0.25) is 10.1 Å². The Morgan fingerprint density at radius 2 is 2.00 bits per heavy atom. The van der Waals surface area contributed by atoms with Gasteiger partial charge in [-0.15, -0.1) is 0 Å². The van der Waals surface area contributed by atoms with Crippen molar-refractivity contribution in [3.05, 3.63) is 29.8 Å². The van der Waals surface area contributed by atoms with Crippen LogP contribution in [-0.4, -0.2) is 35.4 Å². The fourth-order valence-electron chi connectivity index (χ4n) is 1.56. The van der Waals surface area contributed by atoms with Crippen LogP contribution < -0.4 is 10.1 Å². The summed E-state index contributed by atoms with van der Waals surface area (Å²) in [6, 6.07) is 6.06. The number of ether oxygens (including phenoxy) is 1. The average Bonchev–Trinajstić information content (AvgIpc) is 2.31. The maximum absolute atomic E-state index is 11.1. The Hall–Kier alpha value is -1.59. The third-order valence-electron chi connectivity index (χ3n) is 2.39. The molecule has 2 atom stereocenters. The predicted molar refractivity (Wildman–Crippen MR) is 67.7 cm³/mol.